The molecule has 0 aliphatic carbocycles. The summed E-state index contributed by atoms with van der Waals surface area (Å²) in [6, 6.07) is 67.5. The van der Waals surface area contributed by atoms with Gasteiger partial charge in [0.25, 0.3) is 0 Å². The molecule has 0 N–H and O–H groups in total. The molecule has 8 rings (SSSR count). The van der Waals surface area contributed by atoms with Crippen molar-refractivity contribution in [2.75, 3.05) is 16.8 Å². The molecule has 0 fully saturated rings. The number of fused-ring (bicyclic) bond motifs is 2. The molecule has 47 heavy (non-hydrogen) atoms. The largest absolute Gasteiger partial charge is 0.345 e. The SMILES string of the molecule is CN(c1ccc(-c2ccc(N(c3cccc(-c4ccccc4)c3)c3cccc4ccccc34)cc2)cc1)c1ccc2ccccc2c1. The van der Waals surface area contributed by atoms with Crippen molar-refractivity contribution in [1.82, 2.24) is 0 Å². The Morgan fingerprint density at radius 2 is 0.872 bits per heavy atom. The van der Waals surface area contributed by atoms with E-state index in [-0.39, 0.29) is 0 Å². The molecular formula is C45H34N2. The van der Waals surface area contributed by atoms with Crippen LogP contribution in [0.4, 0.5) is 28.4 Å². The Morgan fingerprint density at radius 1 is 0.319 bits per heavy atom. The van der Waals surface area contributed by atoms with Crippen LogP contribution in [-0.2, 0) is 0 Å². The Hall–Kier alpha value is -6.12. The minimum Gasteiger partial charge on any atom is -0.345 e. The second-order valence-corrected chi connectivity index (χ2v) is 11.9. The van der Waals surface area contributed by atoms with Crippen molar-refractivity contribution < 1.29 is 0 Å². The monoisotopic (exact) mass is 602 g/mol. The Morgan fingerprint density at radius 3 is 1.64 bits per heavy atom. The topological polar surface area (TPSA) is 6.48 Å². The minimum atomic E-state index is 1.11. The van der Waals surface area contributed by atoms with Crippen molar-refractivity contribution in [2.24, 2.45) is 0 Å². The lowest BCUT2D eigenvalue weighted by molar-refractivity contribution is 1.21. The molecule has 224 valence electrons. The fraction of sp³-hybridized carbons (Fsp3) is 0.0222. The smallest absolute Gasteiger partial charge is 0.0540 e. The van der Waals surface area contributed by atoms with Crippen molar-refractivity contribution in [1.29, 1.82) is 0 Å². The quantitative estimate of drug-likeness (QED) is 0.179. The van der Waals surface area contributed by atoms with Gasteiger partial charge in [-0.05, 0) is 93.0 Å². The van der Waals surface area contributed by atoms with Gasteiger partial charge in [-0.15, -0.1) is 0 Å². The van der Waals surface area contributed by atoms with E-state index in [1.807, 2.05) is 0 Å². The van der Waals surface area contributed by atoms with Crippen LogP contribution in [0.2, 0.25) is 0 Å². The molecule has 0 saturated carbocycles. The van der Waals surface area contributed by atoms with Crippen LogP contribution in [0.3, 0.4) is 0 Å². The van der Waals surface area contributed by atoms with Gasteiger partial charge in [0.2, 0.25) is 0 Å². The van der Waals surface area contributed by atoms with Crippen molar-refractivity contribution in [2.45, 2.75) is 0 Å². The van der Waals surface area contributed by atoms with Gasteiger partial charge in [-0.2, -0.15) is 0 Å². The summed E-state index contributed by atoms with van der Waals surface area (Å²) in [7, 11) is 2.13. The van der Waals surface area contributed by atoms with Crippen LogP contribution in [0.5, 0.6) is 0 Å². The second kappa shape index (κ2) is 12.3. The lowest BCUT2D eigenvalue weighted by Gasteiger charge is -2.27. The summed E-state index contributed by atoms with van der Waals surface area (Å²) >= 11 is 0. The molecule has 0 radical (unpaired) electrons. The van der Waals surface area contributed by atoms with Gasteiger partial charge < -0.3 is 9.80 Å². The van der Waals surface area contributed by atoms with Crippen molar-refractivity contribution in [3.05, 3.63) is 188 Å². The molecule has 2 heteroatoms. The molecule has 8 aromatic carbocycles. The lowest BCUT2D eigenvalue weighted by Crippen LogP contribution is -2.10. The van der Waals surface area contributed by atoms with E-state index in [0.29, 0.717) is 0 Å². The molecular weight excluding hydrogens is 569 g/mol. The second-order valence-electron chi connectivity index (χ2n) is 11.9. The summed E-state index contributed by atoms with van der Waals surface area (Å²) in [4.78, 5) is 4.62. The lowest BCUT2D eigenvalue weighted by atomic mass is 10.0. The minimum absolute atomic E-state index is 1.11. The van der Waals surface area contributed by atoms with Gasteiger partial charge in [-0.1, -0.05) is 133 Å². The van der Waals surface area contributed by atoms with Crippen molar-refractivity contribution in [3.8, 4) is 22.3 Å². The summed E-state index contributed by atoms with van der Waals surface area (Å²) < 4.78 is 0. The van der Waals surface area contributed by atoms with Crippen LogP contribution >= 0.6 is 0 Å². The van der Waals surface area contributed by atoms with E-state index < -0.39 is 0 Å². The zero-order chi connectivity index (χ0) is 31.6. The predicted molar refractivity (Wildman–Crippen MR) is 202 cm³/mol. The maximum Gasteiger partial charge on any atom is 0.0540 e. The third kappa shape index (κ3) is 5.62. The maximum absolute atomic E-state index is 2.38. The molecule has 0 bridgehead atoms. The van der Waals surface area contributed by atoms with E-state index in [2.05, 4.69) is 205 Å². The van der Waals surface area contributed by atoms with E-state index in [4.69, 9.17) is 0 Å². The van der Waals surface area contributed by atoms with Crippen LogP contribution in [0, 0.1) is 0 Å². The first kappa shape index (κ1) is 28.4. The highest BCUT2D eigenvalue weighted by Gasteiger charge is 2.16. The average molecular weight is 603 g/mol. The van der Waals surface area contributed by atoms with Gasteiger partial charge >= 0.3 is 0 Å². The van der Waals surface area contributed by atoms with E-state index in [1.54, 1.807) is 0 Å². The molecule has 0 amide bonds. The highest BCUT2D eigenvalue weighted by Crippen LogP contribution is 2.41. The maximum atomic E-state index is 2.38. The number of hydrogen-bond acceptors (Lipinski definition) is 2. The van der Waals surface area contributed by atoms with E-state index in [1.165, 1.54) is 49.5 Å². The standard InChI is InChI=1S/C45H34N2/c1-46(42-30-25-34-13-5-6-15-38(34)31-42)40-26-21-35(22-27-40)36-23-28-41(29-24-36)47(45-20-10-16-37-14-7-8-19-44(37)45)43-18-9-17-39(32-43)33-11-3-2-4-12-33/h2-32H,1H3. The molecule has 8 aromatic rings. The molecule has 0 heterocycles. The zero-order valence-corrected chi connectivity index (χ0v) is 26.3. The summed E-state index contributed by atoms with van der Waals surface area (Å²) in [5.41, 5.74) is 10.5. The third-order valence-electron chi connectivity index (χ3n) is 9.05. The Labute approximate surface area is 276 Å². The molecule has 2 nitrogen and oxygen atoms in total. The van der Waals surface area contributed by atoms with E-state index in [9.17, 15) is 0 Å². The molecule has 0 saturated heterocycles. The molecule has 0 atom stereocenters. The molecule has 0 unspecified atom stereocenters. The van der Waals surface area contributed by atoms with Gasteiger partial charge in [0.1, 0.15) is 0 Å². The number of hydrogen-bond donors (Lipinski definition) is 0. The molecule has 0 aliphatic heterocycles. The summed E-state index contributed by atoms with van der Waals surface area (Å²) in [5.74, 6) is 0. The third-order valence-corrected chi connectivity index (χ3v) is 9.05. The van der Waals surface area contributed by atoms with Crippen LogP contribution in [0.15, 0.2) is 188 Å². The summed E-state index contributed by atoms with van der Waals surface area (Å²) in [6.45, 7) is 0. The Bertz CT molecular complexity index is 2300. The first-order valence-corrected chi connectivity index (χ1v) is 16.1. The Balaban J connectivity index is 1.13. The van der Waals surface area contributed by atoms with Gasteiger partial charge in [0.05, 0.1) is 5.69 Å². The average Bonchev–Trinajstić information content (AvgIpc) is 3.15. The number of benzene rings is 8. The molecule has 0 aliphatic rings. The normalized spacial score (nSPS) is 11.1. The highest BCUT2D eigenvalue weighted by molar-refractivity contribution is 5.99. The van der Waals surface area contributed by atoms with Crippen LogP contribution in [-0.4, -0.2) is 7.05 Å². The van der Waals surface area contributed by atoms with Crippen molar-refractivity contribution >= 4 is 50.0 Å². The fourth-order valence-electron chi connectivity index (χ4n) is 6.50. The van der Waals surface area contributed by atoms with Crippen LogP contribution in [0.25, 0.3) is 43.8 Å². The van der Waals surface area contributed by atoms with E-state index >= 15 is 0 Å². The van der Waals surface area contributed by atoms with Crippen LogP contribution in [0.1, 0.15) is 0 Å². The number of nitrogens with zero attached hydrogens (tertiary/aromatic N) is 2. The number of rotatable bonds is 7. The summed E-state index contributed by atoms with van der Waals surface area (Å²) in [6.07, 6.45) is 0. The Kier molecular flexibility index (Phi) is 7.45. The van der Waals surface area contributed by atoms with Gasteiger partial charge in [-0.25, -0.2) is 0 Å². The van der Waals surface area contributed by atoms with E-state index in [0.717, 1.165) is 22.7 Å². The predicted octanol–water partition coefficient (Wildman–Crippen LogP) is 12.6. The molecule has 0 spiro atoms. The van der Waals surface area contributed by atoms with Gasteiger partial charge in [-0.3, -0.25) is 0 Å². The highest BCUT2D eigenvalue weighted by atomic mass is 15.1. The fourth-order valence-corrected chi connectivity index (χ4v) is 6.50. The number of anilines is 5. The van der Waals surface area contributed by atoms with Gasteiger partial charge in [0, 0.05) is 35.2 Å². The molecule has 0 aromatic heterocycles. The van der Waals surface area contributed by atoms with Crippen molar-refractivity contribution in [3.63, 3.8) is 0 Å². The first-order valence-electron chi connectivity index (χ1n) is 16.1. The van der Waals surface area contributed by atoms with Gasteiger partial charge in [0.15, 0.2) is 0 Å². The van der Waals surface area contributed by atoms with Crippen LogP contribution < -0.4 is 9.80 Å². The first-order chi connectivity index (χ1) is 23.2. The zero-order valence-electron chi connectivity index (χ0n) is 26.3. The summed E-state index contributed by atoms with van der Waals surface area (Å²) in [5, 5.41) is 4.94.